The van der Waals surface area contributed by atoms with Crippen LogP contribution in [0.4, 0.5) is 21.5 Å². The SMILES string of the molecule is Fc1ccc(N(c2ccccc2)c2cc3sc4c5ccccc5ccc4c3c3ccccc23)cc1. The Morgan fingerprint density at radius 2 is 1.20 bits per heavy atom. The summed E-state index contributed by atoms with van der Waals surface area (Å²) in [5, 5.41) is 7.52. The molecule has 166 valence electrons. The van der Waals surface area contributed by atoms with Gasteiger partial charge < -0.3 is 4.90 Å². The Labute approximate surface area is 206 Å². The van der Waals surface area contributed by atoms with Gasteiger partial charge in [0.15, 0.2) is 0 Å². The molecule has 0 aliphatic carbocycles. The molecule has 6 aromatic carbocycles. The highest BCUT2D eigenvalue weighted by Gasteiger charge is 2.19. The molecule has 3 heteroatoms. The Morgan fingerprint density at radius 3 is 2.00 bits per heavy atom. The number of thiophene rings is 1. The number of para-hydroxylation sites is 1. The van der Waals surface area contributed by atoms with Crippen molar-refractivity contribution in [3.05, 3.63) is 127 Å². The molecule has 0 unspecified atom stereocenters. The predicted molar refractivity (Wildman–Crippen MR) is 149 cm³/mol. The summed E-state index contributed by atoms with van der Waals surface area (Å²) < 4.78 is 16.4. The van der Waals surface area contributed by atoms with Crippen LogP contribution in [0.2, 0.25) is 0 Å². The molecule has 0 aliphatic heterocycles. The summed E-state index contributed by atoms with van der Waals surface area (Å²) in [5.74, 6) is -0.238. The van der Waals surface area contributed by atoms with Crippen LogP contribution in [0, 0.1) is 5.82 Å². The Morgan fingerprint density at radius 1 is 0.543 bits per heavy atom. The summed E-state index contributed by atoms with van der Waals surface area (Å²) in [7, 11) is 0. The fraction of sp³-hybridized carbons (Fsp3) is 0. The van der Waals surface area contributed by atoms with E-state index >= 15 is 0 Å². The van der Waals surface area contributed by atoms with Gasteiger partial charge in [0.2, 0.25) is 0 Å². The minimum absolute atomic E-state index is 0.238. The van der Waals surface area contributed by atoms with Crippen molar-refractivity contribution in [1.82, 2.24) is 0 Å². The van der Waals surface area contributed by atoms with Crippen molar-refractivity contribution < 1.29 is 4.39 Å². The lowest BCUT2D eigenvalue weighted by atomic mass is 9.99. The second-order valence-corrected chi connectivity index (χ2v) is 9.78. The Bertz CT molecular complexity index is 1850. The average Bonchev–Trinajstić information content (AvgIpc) is 3.30. The molecular weight excluding hydrogens is 449 g/mol. The molecule has 0 spiro atoms. The fourth-order valence-electron chi connectivity index (χ4n) is 5.13. The van der Waals surface area contributed by atoms with Crippen LogP contribution in [-0.4, -0.2) is 0 Å². The standard InChI is InChI=1S/C32H20FNS/c33-22-15-17-24(18-16-22)34(23-9-2-1-3-10-23)29-20-30-31(27-13-7-6-12-26(27)29)28-19-14-21-8-4-5-11-25(21)32(28)35-30/h1-20H. The number of hydrogen-bond donors (Lipinski definition) is 0. The number of anilines is 3. The van der Waals surface area contributed by atoms with E-state index < -0.39 is 0 Å². The van der Waals surface area contributed by atoms with Gasteiger partial charge in [-0.05, 0) is 58.6 Å². The number of hydrogen-bond acceptors (Lipinski definition) is 2. The van der Waals surface area contributed by atoms with E-state index in [1.54, 1.807) is 0 Å². The first kappa shape index (κ1) is 20.2. The van der Waals surface area contributed by atoms with Gasteiger partial charge in [-0.15, -0.1) is 11.3 Å². The van der Waals surface area contributed by atoms with Crippen molar-refractivity contribution in [2.45, 2.75) is 0 Å². The molecule has 1 heterocycles. The summed E-state index contributed by atoms with van der Waals surface area (Å²) in [4.78, 5) is 2.23. The van der Waals surface area contributed by atoms with Crippen molar-refractivity contribution >= 4 is 70.1 Å². The van der Waals surface area contributed by atoms with E-state index in [9.17, 15) is 4.39 Å². The molecule has 0 amide bonds. The molecule has 0 saturated carbocycles. The molecule has 0 N–H and O–H groups in total. The Balaban J connectivity index is 1.60. The third kappa shape index (κ3) is 3.20. The summed E-state index contributed by atoms with van der Waals surface area (Å²) in [6.07, 6.45) is 0. The predicted octanol–water partition coefficient (Wildman–Crippen LogP) is 9.97. The van der Waals surface area contributed by atoms with E-state index in [2.05, 4.69) is 83.8 Å². The van der Waals surface area contributed by atoms with E-state index in [1.165, 1.54) is 53.8 Å². The molecule has 0 saturated heterocycles. The zero-order chi connectivity index (χ0) is 23.4. The lowest BCUT2D eigenvalue weighted by Gasteiger charge is -2.27. The first-order valence-electron chi connectivity index (χ1n) is 11.6. The van der Waals surface area contributed by atoms with Gasteiger partial charge >= 0.3 is 0 Å². The minimum Gasteiger partial charge on any atom is -0.310 e. The molecule has 7 aromatic rings. The smallest absolute Gasteiger partial charge is 0.123 e. The Hall–Kier alpha value is -4.21. The summed E-state index contributed by atoms with van der Waals surface area (Å²) >= 11 is 1.84. The van der Waals surface area contributed by atoms with Gasteiger partial charge in [0.25, 0.3) is 0 Å². The highest BCUT2D eigenvalue weighted by molar-refractivity contribution is 7.27. The maximum atomic E-state index is 13.8. The van der Waals surface area contributed by atoms with Crippen LogP contribution in [0.25, 0.3) is 41.7 Å². The van der Waals surface area contributed by atoms with Crippen LogP contribution in [0.3, 0.4) is 0 Å². The minimum atomic E-state index is -0.238. The molecule has 0 atom stereocenters. The lowest BCUT2D eigenvalue weighted by molar-refractivity contribution is 0.628. The molecule has 0 aliphatic rings. The third-order valence-electron chi connectivity index (χ3n) is 6.69. The number of nitrogens with zero attached hydrogens (tertiary/aromatic N) is 1. The topological polar surface area (TPSA) is 3.24 Å². The van der Waals surface area contributed by atoms with Crippen molar-refractivity contribution in [2.75, 3.05) is 4.90 Å². The maximum absolute atomic E-state index is 13.8. The largest absolute Gasteiger partial charge is 0.310 e. The van der Waals surface area contributed by atoms with Gasteiger partial charge in [0, 0.05) is 36.9 Å². The van der Waals surface area contributed by atoms with Crippen molar-refractivity contribution in [1.29, 1.82) is 0 Å². The molecule has 1 nitrogen and oxygen atoms in total. The highest BCUT2D eigenvalue weighted by Crippen LogP contribution is 2.47. The average molecular weight is 470 g/mol. The van der Waals surface area contributed by atoms with Crippen LogP contribution in [0.1, 0.15) is 0 Å². The van der Waals surface area contributed by atoms with Crippen LogP contribution >= 0.6 is 11.3 Å². The van der Waals surface area contributed by atoms with Crippen molar-refractivity contribution in [3.8, 4) is 0 Å². The van der Waals surface area contributed by atoms with Gasteiger partial charge in [-0.1, -0.05) is 78.9 Å². The van der Waals surface area contributed by atoms with Gasteiger partial charge in [-0.2, -0.15) is 0 Å². The van der Waals surface area contributed by atoms with E-state index in [-0.39, 0.29) is 5.82 Å². The first-order valence-corrected chi connectivity index (χ1v) is 12.5. The fourth-order valence-corrected chi connectivity index (χ4v) is 6.42. The zero-order valence-electron chi connectivity index (χ0n) is 18.8. The third-order valence-corrected chi connectivity index (χ3v) is 7.87. The van der Waals surface area contributed by atoms with Crippen molar-refractivity contribution in [3.63, 3.8) is 0 Å². The molecule has 7 rings (SSSR count). The second-order valence-electron chi connectivity index (χ2n) is 8.73. The van der Waals surface area contributed by atoms with E-state index in [0.29, 0.717) is 0 Å². The molecular formula is C32H20FNS. The van der Waals surface area contributed by atoms with E-state index in [4.69, 9.17) is 0 Å². The Kier molecular flexibility index (Phi) is 4.58. The lowest BCUT2D eigenvalue weighted by Crippen LogP contribution is -2.10. The molecule has 0 radical (unpaired) electrons. The van der Waals surface area contributed by atoms with E-state index in [1.807, 2.05) is 41.7 Å². The van der Waals surface area contributed by atoms with Crippen LogP contribution in [0.5, 0.6) is 0 Å². The van der Waals surface area contributed by atoms with E-state index in [0.717, 1.165) is 17.1 Å². The number of fused-ring (bicyclic) bond motifs is 7. The first-order chi connectivity index (χ1) is 17.3. The van der Waals surface area contributed by atoms with Crippen LogP contribution in [-0.2, 0) is 0 Å². The number of halogens is 1. The molecule has 1 aromatic heterocycles. The summed E-state index contributed by atoms with van der Waals surface area (Å²) in [6.45, 7) is 0. The van der Waals surface area contributed by atoms with Crippen LogP contribution in [0.15, 0.2) is 121 Å². The van der Waals surface area contributed by atoms with Crippen molar-refractivity contribution in [2.24, 2.45) is 0 Å². The summed E-state index contributed by atoms with van der Waals surface area (Å²) in [5.41, 5.74) is 3.05. The molecule has 0 bridgehead atoms. The quantitative estimate of drug-likeness (QED) is 0.249. The highest BCUT2D eigenvalue weighted by atomic mass is 32.1. The normalized spacial score (nSPS) is 11.6. The van der Waals surface area contributed by atoms with Gasteiger partial charge in [-0.25, -0.2) is 4.39 Å². The number of benzene rings is 6. The van der Waals surface area contributed by atoms with Gasteiger partial charge in [0.1, 0.15) is 5.82 Å². The van der Waals surface area contributed by atoms with Crippen LogP contribution < -0.4 is 4.90 Å². The molecule has 0 fully saturated rings. The van der Waals surface area contributed by atoms with Gasteiger partial charge in [0.05, 0.1) is 5.69 Å². The summed E-state index contributed by atoms with van der Waals surface area (Å²) in [6, 6.07) is 41.0. The maximum Gasteiger partial charge on any atom is 0.123 e. The number of rotatable bonds is 3. The van der Waals surface area contributed by atoms with Gasteiger partial charge in [-0.3, -0.25) is 0 Å². The second kappa shape index (κ2) is 7.93. The monoisotopic (exact) mass is 469 g/mol. The molecule has 35 heavy (non-hydrogen) atoms. The zero-order valence-corrected chi connectivity index (χ0v) is 19.6.